The number of carbonyl (C=O) groups is 2. The Balaban J connectivity index is 3.25. The number of anilines is 1. The molecule has 1 heterocycles. The zero-order chi connectivity index (χ0) is 13.9. The van der Waals surface area contributed by atoms with Crippen LogP contribution in [0, 0.1) is 0 Å². The molecule has 0 spiro atoms. The Bertz CT molecular complexity index is 454. The predicted octanol–water partition coefficient (Wildman–Crippen LogP) is 2.37. The van der Waals surface area contributed by atoms with Crippen LogP contribution >= 0.6 is 11.3 Å². The molecule has 0 N–H and O–H groups in total. The lowest BCUT2D eigenvalue weighted by molar-refractivity contribution is 0.0591. The van der Waals surface area contributed by atoms with E-state index >= 15 is 0 Å². The molecule has 0 bridgehead atoms. The molecule has 100 valence electrons. The lowest BCUT2D eigenvalue weighted by atomic mass is 10.3. The van der Waals surface area contributed by atoms with E-state index in [0.717, 1.165) is 6.54 Å². The van der Waals surface area contributed by atoms with E-state index in [2.05, 4.69) is 9.72 Å². The Morgan fingerprint density at radius 3 is 2.44 bits per heavy atom. The van der Waals surface area contributed by atoms with Gasteiger partial charge in [0.2, 0.25) is 0 Å². The summed E-state index contributed by atoms with van der Waals surface area (Å²) in [6, 6.07) is 0.256. The number of ether oxygens (including phenoxy) is 1. The Kier molecular flexibility index (Phi) is 4.84. The summed E-state index contributed by atoms with van der Waals surface area (Å²) in [4.78, 5) is 29.7. The molecule has 0 amide bonds. The zero-order valence-corrected chi connectivity index (χ0v) is 12.1. The molecule has 0 aliphatic rings. The Morgan fingerprint density at radius 2 is 2.06 bits per heavy atom. The Labute approximate surface area is 111 Å². The number of hydrogen-bond donors (Lipinski definition) is 0. The van der Waals surface area contributed by atoms with Gasteiger partial charge in [0.15, 0.2) is 16.6 Å². The second-order valence-corrected chi connectivity index (χ2v) is 5.08. The number of thiazole rings is 1. The topological polar surface area (TPSA) is 59.5 Å². The number of nitrogens with zero attached hydrogens (tertiary/aromatic N) is 2. The fourth-order valence-corrected chi connectivity index (χ4v) is 2.77. The molecule has 0 unspecified atom stereocenters. The van der Waals surface area contributed by atoms with Crippen LogP contribution in [0.1, 0.15) is 47.9 Å². The minimum atomic E-state index is -0.567. The molecule has 0 aliphatic carbocycles. The van der Waals surface area contributed by atoms with Crippen LogP contribution in [0.15, 0.2) is 0 Å². The molecule has 0 saturated carbocycles. The van der Waals surface area contributed by atoms with Crippen molar-refractivity contribution >= 4 is 28.2 Å². The van der Waals surface area contributed by atoms with Gasteiger partial charge >= 0.3 is 5.97 Å². The van der Waals surface area contributed by atoms with Crippen LogP contribution < -0.4 is 4.90 Å². The van der Waals surface area contributed by atoms with Gasteiger partial charge in [0, 0.05) is 19.5 Å². The number of rotatable bonds is 5. The number of ketones is 1. The number of esters is 1. The highest BCUT2D eigenvalue weighted by atomic mass is 32.1. The highest BCUT2D eigenvalue weighted by molar-refractivity contribution is 7.17. The van der Waals surface area contributed by atoms with Crippen LogP contribution in [0.5, 0.6) is 0 Å². The SMILES string of the molecule is CCN(c1nc(C(=O)OC)c(C(C)=O)s1)C(C)C. The van der Waals surface area contributed by atoms with Crippen molar-refractivity contribution in [2.24, 2.45) is 0 Å². The van der Waals surface area contributed by atoms with Gasteiger partial charge in [-0.1, -0.05) is 11.3 Å². The van der Waals surface area contributed by atoms with Gasteiger partial charge in [-0.05, 0) is 20.8 Å². The fraction of sp³-hybridized carbons (Fsp3) is 0.583. The van der Waals surface area contributed by atoms with Crippen LogP contribution in [0.25, 0.3) is 0 Å². The number of aromatic nitrogens is 1. The van der Waals surface area contributed by atoms with E-state index in [-0.39, 0.29) is 17.5 Å². The van der Waals surface area contributed by atoms with Crippen molar-refractivity contribution in [1.82, 2.24) is 4.98 Å². The average molecular weight is 270 g/mol. The van der Waals surface area contributed by atoms with Gasteiger partial charge < -0.3 is 9.64 Å². The van der Waals surface area contributed by atoms with Gasteiger partial charge in [0.25, 0.3) is 0 Å². The van der Waals surface area contributed by atoms with Crippen LogP contribution in [0.3, 0.4) is 0 Å². The summed E-state index contributed by atoms with van der Waals surface area (Å²) >= 11 is 1.24. The average Bonchev–Trinajstić information content (AvgIpc) is 2.73. The lowest BCUT2D eigenvalue weighted by Crippen LogP contribution is -2.30. The fourth-order valence-electron chi connectivity index (χ4n) is 1.63. The van der Waals surface area contributed by atoms with Crippen molar-refractivity contribution in [2.75, 3.05) is 18.6 Å². The molecule has 5 nitrogen and oxygen atoms in total. The summed E-state index contributed by atoms with van der Waals surface area (Å²) in [5.41, 5.74) is 0.115. The number of hydrogen-bond acceptors (Lipinski definition) is 6. The van der Waals surface area contributed by atoms with Gasteiger partial charge in [-0.25, -0.2) is 9.78 Å². The van der Waals surface area contributed by atoms with Crippen molar-refractivity contribution in [1.29, 1.82) is 0 Å². The molecule has 0 fully saturated rings. The van der Waals surface area contributed by atoms with E-state index in [9.17, 15) is 9.59 Å². The first-order valence-electron chi connectivity index (χ1n) is 5.79. The monoisotopic (exact) mass is 270 g/mol. The van der Waals surface area contributed by atoms with E-state index in [1.54, 1.807) is 0 Å². The molecular formula is C12H18N2O3S. The van der Waals surface area contributed by atoms with E-state index in [1.165, 1.54) is 25.4 Å². The first-order valence-corrected chi connectivity index (χ1v) is 6.60. The Morgan fingerprint density at radius 1 is 1.44 bits per heavy atom. The van der Waals surface area contributed by atoms with Crippen LogP contribution in [0.4, 0.5) is 5.13 Å². The smallest absolute Gasteiger partial charge is 0.358 e. The summed E-state index contributed by atoms with van der Waals surface area (Å²) in [6.45, 7) is 8.28. The number of Topliss-reactive ketones (excluding diaryl/α,β-unsaturated/α-hetero) is 1. The maximum absolute atomic E-state index is 11.6. The maximum atomic E-state index is 11.6. The number of methoxy groups -OCH3 is 1. The molecule has 0 aromatic carbocycles. The van der Waals surface area contributed by atoms with Crippen LogP contribution in [-0.2, 0) is 4.74 Å². The number of carbonyl (C=O) groups excluding carboxylic acids is 2. The summed E-state index contributed by atoms with van der Waals surface area (Å²) in [7, 11) is 1.28. The molecule has 1 aromatic heterocycles. The summed E-state index contributed by atoms with van der Waals surface area (Å²) in [5.74, 6) is -0.735. The van der Waals surface area contributed by atoms with E-state index < -0.39 is 5.97 Å². The molecule has 0 atom stereocenters. The Hall–Kier alpha value is -1.43. The van der Waals surface area contributed by atoms with E-state index in [0.29, 0.717) is 10.0 Å². The van der Waals surface area contributed by atoms with Gasteiger partial charge in [-0.15, -0.1) is 0 Å². The van der Waals surface area contributed by atoms with E-state index in [1.807, 2.05) is 25.7 Å². The summed E-state index contributed by atoms with van der Waals surface area (Å²) in [5, 5.41) is 0.679. The first kappa shape index (κ1) is 14.6. The van der Waals surface area contributed by atoms with Crippen LogP contribution in [0.2, 0.25) is 0 Å². The molecule has 0 aliphatic heterocycles. The largest absolute Gasteiger partial charge is 0.464 e. The van der Waals surface area contributed by atoms with Crippen molar-refractivity contribution in [3.8, 4) is 0 Å². The summed E-state index contributed by atoms with van der Waals surface area (Å²) in [6.07, 6.45) is 0. The van der Waals surface area contributed by atoms with Crippen molar-refractivity contribution in [3.05, 3.63) is 10.6 Å². The van der Waals surface area contributed by atoms with E-state index in [4.69, 9.17) is 0 Å². The molecule has 0 radical (unpaired) electrons. The van der Waals surface area contributed by atoms with Crippen LogP contribution in [-0.4, -0.2) is 36.4 Å². The molecular weight excluding hydrogens is 252 g/mol. The normalized spacial score (nSPS) is 10.6. The highest BCUT2D eigenvalue weighted by Gasteiger charge is 2.24. The molecule has 18 heavy (non-hydrogen) atoms. The second kappa shape index (κ2) is 5.95. The standard InChI is InChI=1S/C12H18N2O3S/c1-6-14(7(2)3)12-13-9(11(16)17-5)10(18-12)8(4)15/h7H,6H2,1-5H3. The van der Waals surface area contributed by atoms with Crippen molar-refractivity contribution in [3.63, 3.8) is 0 Å². The zero-order valence-electron chi connectivity index (χ0n) is 11.3. The predicted molar refractivity (Wildman–Crippen MR) is 71.6 cm³/mol. The second-order valence-electron chi connectivity index (χ2n) is 4.10. The highest BCUT2D eigenvalue weighted by Crippen LogP contribution is 2.28. The minimum absolute atomic E-state index is 0.115. The third-order valence-corrected chi connectivity index (χ3v) is 3.72. The third-order valence-electron chi connectivity index (χ3n) is 2.52. The first-order chi connectivity index (χ1) is 8.42. The van der Waals surface area contributed by atoms with Gasteiger partial charge in [0.05, 0.1) is 7.11 Å². The molecule has 1 aromatic rings. The molecule has 0 saturated heterocycles. The minimum Gasteiger partial charge on any atom is -0.464 e. The van der Waals surface area contributed by atoms with Gasteiger partial charge in [-0.2, -0.15) is 0 Å². The van der Waals surface area contributed by atoms with Crippen molar-refractivity contribution in [2.45, 2.75) is 33.7 Å². The third kappa shape index (κ3) is 2.87. The summed E-state index contributed by atoms with van der Waals surface area (Å²) < 4.78 is 4.65. The quantitative estimate of drug-likeness (QED) is 0.607. The van der Waals surface area contributed by atoms with Crippen molar-refractivity contribution < 1.29 is 14.3 Å². The van der Waals surface area contributed by atoms with Gasteiger partial charge in [0.1, 0.15) is 4.88 Å². The lowest BCUT2D eigenvalue weighted by Gasteiger charge is -2.23. The van der Waals surface area contributed by atoms with Gasteiger partial charge in [-0.3, -0.25) is 4.79 Å². The maximum Gasteiger partial charge on any atom is 0.358 e. The molecule has 1 rings (SSSR count). The molecule has 6 heteroatoms.